The van der Waals surface area contributed by atoms with Gasteiger partial charge >= 0.3 is 0 Å². The lowest BCUT2D eigenvalue weighted by Gasteiger charge is -2.43. The second-order valence-corrected chi connectivity index (χ2v) is 5.95. The van der Waals surface area contributed by atoms with Crippen LogP contribution >= 0.6 is 0 Å². The fourth-order valence-corrected chi connectivity index (χ4v) is 3.00. The Morgan fingerprint density at radius 3 is 3.00 bits per heavy atom. The molecule has 4 nitrogen and oxygen atoms in total. The summed E-state index contributed by atoms with van der Waals surface area (Å²) in [6.07, 6.45) is 3.26. The molecular formula is C15H19N3O. The maximum atomic E-state index is 9.40. The lowest BCUT2D eigenvalue weighted by Crippen LogP contribution is -2.53. The summed E-state index contributed by atoms with van der Waals surface area (Å²) in [6.45, 7) is 6.46. The van der Waals surface area contributed by atoms with Gasteiger partial charge in [-0.2, -0.15) is 5.26 Å². The van der Waals surface area contributed by atoms with E-state index in [0.717, 1.165) is 31.6 Å². The van der Waals surface area contributed by atoms with Crippen LogP contribution in [0.1, 0.15) is 37.1 Å². The number of hydrogen-bond donors (Lipinski definition) is 0. The number of fused-ring (bicyclic) bond motifs is 1. The average molecular weight is 257 g/mol. The third-order valence-corrected chi connectivity index (χ3v) is 4.05. The van der Waals surface area contributed by atoms with E-state index in [-0.39, 0.29) is 5.54 Å². The number of anilines is 1. The summed E-state index contributed by atoms with van der Waals surface area (Å²) in [5.74, 6) is 0.844. The minimum Gasteiger partial charge on any atom is -0.377 e. The van der Waals surface area contributed by atoms with Gasteiger partial charge in [-0.05, 0) is 44.7 Å². The van der Waals surface area contributed by atoms with Crippen molar-refractivity contribution < 1.29 is 4.74 Å². The minimum absolute atomic E-state index is 0.107. The van der Waals surface area contributed by atoms with E-state index in [2.05, 4.69) is 24.8 Å². The van der Waals surface area contributed by atoms with Crippen LogP contribution in [0.25, 0.3) is 0 Å². The van der Waals surface area contributed by atoms with E-state index < -0.39 is 0 Å². The molecule has 0 N–H and O–H groups in total. The van der Waals surface area contributed by atoms with Crippen LogP contribution < -0.4 is 4.90 Å². The first-order valence-electron chi connectivity index (χ1n) is 6.90. The molecule has 19 heavy (non-hydrogen) atoms. The molecule has 3 rings (SSSR count). The largest absolute Gasteiger partial charge is 0.377 e. The number of pyridine rings is 1. The highest BCUT2D eigenvalue weighted by molar-refractivity contribution is 5.58. The Hall–Kier alpha value is -1.60. The van der Waals surface area contributed by atoms with Crippen LogP contribution in [0.4, 0.5) is 5.82 Å². The van der Waals surface area contributed by atoms with Gasteiger partial charge in [0.1, 0.15) is 11.9 Å². The van der Waals surface area contributed by atoms with Gasteiger partial charge < -0.3 is 9.64 Å². The minimum atomic E-state index is -0.107. The summed E-state index contributed by atoms with van der Waals surface area (Å²) in [5, 5.41) is 9.40. The van der Waals surface area contributed by atoms with Gasteiger partial charge in [-0.1, -0.05) is 0 Å². The number of hydrogen-bond acceptors (Lipinski definition) is 4. The summed E-state index contributed by atoms with van der Waals surface area (Å²) >= 11 is 0. The van der Waals surface area contributed by atoms with Gasteiger partial charge in [-0.15, -0.1) is 0 Å². The molecule has 1 saturated heterocycles. The molecule has 1 fully saturated rings. The maximum Gasteiger partial charge on any atom is 0.147 e. The zero-order valence-corrected chi connectivity index (χ0v) is 11.6. The van der Waals surface area contributed by atoms with Crippen molar-refractivity contribution >= 4 is 5.82 Å². The molecule has 2 aliphatic rings. The van der Waals surface area contributed by atoms with Crippen molar-refractivity contribution in [1.29, 1.82) is 5.26 Å². The zero-order chi connectivity index (χ0) is 13.5. The fraction of sp³-hybridized carbons (Fsp3) is 0.600. The van der Waals surface area contributed by atoms with Gasteiger partial charge in [-0.3, -0.25) is 0 Å². The standard InChI is InChI=1S/C15H19N3O/c1-15(2)10-19-7-6-18(15)14-12(9-16)8-11-4-3-5-13(11)17-14/h8H,3-7,10H2,1-2H3. The van der Waals surface area contributed by atoms with Crippen LogP contribution in [0.2, 0.25) is 0 Å². The molecule has 0 aromatic carbocycles. The first-order valence-corrected chi connectivity index (χ1v) is 6.90. The first-order chi connectivity index (χ1) is 9.12. The number of morpholine rings is 1. The van der Waals surface area contributed by atoms with Gasteiger partial charge in [0.05, 0.1) is 24.3 Å². The quantitative estimate of drug-likeness (QED) is 0.772. The molecule has 1 aromatic rings. The molecule has 0 amide bonds. The summed E-state index contributed by atoms with van der Waals surface area (Å²) in [6, 6.07) is 4.35. The van der Waals surface area contributed by atoms with Crippen molar-refractivity contribution in [3.05, 3.63) is 22.9 Å². The predicted molar refractivity (Wildman–Crippen MR) is 73.2 cm³/mol. The van der Waals surface area contributed by atoms with E-state index in [0.29, 0.717) is 18.8 Å². The molecule has 1 aliphatic carbocycles. The molecule has 1 aliphatic heterocycles. The van der Waals surface area contributed by atoms with Gasteiger partial charge in [-0.25, -0.2) is 4.98 Å². The summed E-state index contributed by atoms with van der Waals surface area (Å²) in [4.78, 5) is 7.02. The van der Waals surface area contributed by atoms with Crippen LogP contribution in [-0.2, 0) is 17.6 Å². The highest BCUT2D eigenvalue weighted by atomic mass is 16.5. The van der Waals surface area contributed by atoms with Crippen molar-refractivity contribution in [1.82, 2.24) is 4.98 Å². The number of nitriles is 1. The topological polar surface area (TPSA) is 49.1 Å². The van der Waals surface area contributed by atoms with E-state index in [1.807, 2.05) is 6.07 Å². The van der Waals surface area contributed by atoms with E-state index in [1.54, 1.807) is 0 Å². The van der Waals surface area contributed by atoms with E-state index in [9.17, 15) is 5.26 Å². The molecule has 0 saturated carbocycles. The SMILES string of the molecule is CC1(C)COCCN1c1nc2c(cc1C#N)CCC2. The summed E-state index contributed by atoms with van der Waals surface area (Å²) < 4.78 is 5.55. The summed E-state index contributed by atoms with van der Waals surface area (Å²) in [7, 11) is 0. The Kier molecular flexibility index (Phi) is 2.94. The molecule has 0 radical (unpaired) electrons. The Labute approximate surface area is 114 Å². The normalized spacial score (nSPS) is 21.0. The molecule has 0 spiro atoms. The lowest BCUT2D eigenvalue weighted by molar-refractivity contribution is 0.0638. The lowest BCUT2D eigenvalue weighted by atomic mass is 10.0. The van der Waals surface area contributed by atoms with Crippen LogP contribution in [0.15, 0.2) is 6.07 Å². The molecule has 0 bridgehead atoms. The van der Waals surface area contributed by atoms with Gasteiger partial charge in [0, 0.05) is 12.2 Å². The third-order valence-electron chi connectivity index (χ3n) is 4.05. The average Bonchev–Trinajstić information content (AvgIpc) is 2.83. The van der Waals surface area contributed by atoms with Crippen LogP contribution in [0.3, 0.4) is 0 Å². The second kappa shape index (κ2) is 4.50. The molecular weight excluding hydrogens is 238 g/mol. The van der Waals surface area contributed by atoms with Gasteiger partial charge in [0.15, 0.2) is 0 Å². The number of nitrogens with zero attached hydrogens (tertiary/aromatic N) is 3. The number of ether oxygens (including phenoxy) is 1. The molecule has 100 valence electrons. The Bertz CT molecular complexity index is 545. The molecule has 4 heteroatoms. The van der Waals surface area contributed by atoms with E-state index >= 15 is 0 Å². The highest BCUT2D eigenvalue weighted by Gasteiger charge is 2.33. The molecule has 0 unspecified atom stereocenters. The van der Waals surface area contributed by atoms with E-state index in [4.69, 9.17) is 9.72 Å². The fourth-order valence-electron chi connectivity index (χ4n) is 3.00. The number of rotatable bonds is 1. The Balaban J connectivity index is 2.06. The van der Waals surface area contributed by atoms with Crippen molar-refractivity contribution in [2.24, 2.45) is 0 Å². The first kappa shape index (κ1) is 12.4. The van der Waals surface area contributed by atoms with Crippen molar-refractivity contribution in [2.75, 3.05) is 24.7 Å². The molecule has 2 heterocycles. The van der Waals surface area contributed by atoms with Crippen molar-refractivity contribution in [3.63, 3.8) is 0 Å². The highest BCUT2D eigenvalue weighted by Crippen LogP contribution is 2.31. The van der Waals surface area contributed by atoms with Crippen LogP contribution in [0, 0.1) is 11.3 Å². The number of aromatic nitrogens is 1. The third kappa shape index (κ3) is 2.08. The molecule has 1 aromatic heterocycles. The zero-order valence-electron chi connectivity index (χ0n) is 11.6. The Morgan fingerprint density at radius 2 is 2.26 bits per heavy atom. The van der Waals surface area contributed by atoms with Gasteiger partial charge in [0.25, 0.3) is 0 Å². The molecule has 0 atom stereocenters. The van der Waals surface area contributed by atoms with Gasteiger partial charge in [0.2, 0.25) is 0 Å². The second-order valence-electron chi connectivity index (χ2n) is 5.95. The summed E-state index contributed by atoms with van der Waals surface area (Å²) in [5.41, 5.74) is 3.03. The van der Waals surface area contributed by atoms with Crippen molar-refractivity contribution in [2.45, 2.75) is 38.6 Å². The maximum absolute atomic E-state index is 9.40. The van der Waals surface area contributed by atoms with E-state index in [1.165, 1.54) is 11.3 Å². The predicted octanol–water partition coefficient (Wildman–Crippen LogP) is 2.06. The van der Waals surface area contributed by atoms with Crippen LogP contribution in [0.5, 0.6) is 0 Å². The Morgan fingerprint density at radius 1 is 1.42 bits per heavy atom. The van der Waals surface area contributed by atoms with Crippen LogP contribution in [-0.4, -0.2) is 30.3 Å². The monoisotopic (exact) mass is 257 g/mol. The number of aryl methyl sites for hydroxylation is 2. The smallest absolute Gasteiger partial charge is 0.147 e. The van der Waals surface area contributed by atoms with Crippen molar-refractivity contribution in [3.8, 4) is 6.07 Å².